The lowest BCUT2D eigenvalue weighted by Gasteiger charge is -2.14. The van der Waals surface area contributed by atoms with Crippen molar-refractivity contribution in [1.82, 2.24) is 0 Å². The third kappa shape index (κ3) is 6.42. The summed E-state index contributed by atoms with van der Waals surface area (Å²) in [6.45, 7) is 0.110. The standard InChI is InChI=1S/C26H18ClF3N2O2S2/c27-19-4-1-2-5-20(19)32-21(14-24(31)26(28,29)30)16-7-9-17(10-8-16)25(33)34-15-18-11-12-23(36-18)22-6-3-13-35-22/h1-14,31-32H,15H2/b21-14-,31-24?. The fourth-order valence-corrected chi connectivity index (χ4v) is 5.08. The summed E-state index contributed by atoms with van der Waals surface area (Å²) in [5, 5.41) is 12.5. The van der Waals surface area contributed by atoms with Gasteiger partial charge < -0.3 is 10.1 Å². The van der Waals surface area contributed by atoms with Gasteiger partial charge in [-0.15, -0.1) is 22.7 Å². The molecule has 2 N–H and O–H groups in total. The van der Waals surface area contributed by atoms with Crippen molar-refractivity contribution in [2.24, 2.45) is 0 Å². The van der Waals surface area contributed by atoms with E-state index in [0.29, 0.717) is 22.3 Å². The van der Waals surface area contributed by atoms with Crippen LogP contribution in [0, 0.1) is 5.41 Å². The number of benzene rings is 2. The summed E-state index contributed by atoms with van der Waals surface area (Å²) >= 11 is 9.31. The molecule has 0 saturated heterocycles. The monoisotopic (exact) mass is 546 g/mol. The average Bonchev–Trinajstić information content (AvgIpc) is 3.55. The Labute approximate surface area is 218 Å². The fourth-order valence-electron chi connectivity index (χ4n) is 3.14. The molecule has 0 fully saturated rings. The normalized spacial score (nSPS) is 11.8. The van der Waals surface area contributed by atoms with Crippen LogP contribution in [-0.2, 0) is 11.3 Å². The molecule has 2 heterocycles. The zero-order chi connectivity index (χ0) is 25.7. The van der Waals surface area contributed by atoms with Gasteiger partial charge in [-0.2, -0.15) is 13.2 Å². The Bertz CT molecular complexity index is 1400. The van der Waals surface area contributed by atoms with E-state index in [4.69, 9.17) is 21.7 Å². The molecule has 184 valence electrons. The lowest BCUT2D eigenvalue weighted by molar-refractivity contribution is -0.0583. The highest BCUT2D eigenvalue weighted by Gasteiger charge is 2.33. The van der Waals surface area contributed by atoms with Crippen LogP contribution in [0.4, 0.5) is 18.9 Å². The van der Waals surface area contributed by atoms with Crippen LogP contribution in [0.2, 0.25) is 5.02 Å². The van der Waals surface area contributed by atoms with Crippen LogP contribution in [0.5, 0.6) is 0 Å². The largest absolute Gasteiger partial charge is 0.456 e. The Morgan fingerprint density at radius 2 is 1.69 bits per heavy atom. The molecule has 0 spiro atoms. The highest BCUT2D eigenvalue weighted by molar-refractivity contribution is 7.21. The Balaban J connectivity index is 1.48. The number of carbonyl (C=O) groups excluding carboxylic acids is 1. The van der Waals surface area contributed by atoms with Gasteiger partial charge in [0.2, 0.25) is 0 Å². The highest BCUT2D eigenvalue weighted by atomic mass is 35.5. The predicted molar refractivity (Wildman–Crippen MR) is 140 cm³/mol. The van der Waals surface area contributed by atoms with E-state index in [1.165, 1.54) is 35.6 Å². The number of hydrogen-bond acceptors (Lipinski definition) is 6. The maximum Gasteiger partial charge on any atom is 0.432 e. The Kier molecular flexibility index (Phi) is 7.93. The van der Waals surface area contributed by atoms with E-state index in [2.05, 4.69) is 5.32 Å². The van der Waals surface area contributed by atoms with Crippen LogP contribution >= 0.6 is 34.3 Å². The number of nitrogens with one attached hydrogen (secondary N) is 2. The van der Waals surface area contributed by atoms with Crippen molar-refractivity contribution in [3.8, 4) is 9.75 Å². The van der Waals surface area contributed by atoms with E-state index in [1.54, 1.807) is 35.6 Å². The first kappa shape index (κ1) is 25.7. The summed E-state index contributed by atoms with van der Waals surface area (Å²) in [7, 11) is 0. The number of hydrogen-bond donors (Lipinski definition) is 2. The number of halogens is 4. The predicted octanol–water partition coefficient (Wildman–Crippen LogP) is 8.52. The quantitative estimate of drug-likeness (QED) is 0.172. The molecule has 4 nitrogen and oxygen atoms in total. The Morgan fingerprint density at radius 3 is 2.36 bits per heavy atom. The summed E-state index contributed by atoms with van der Waals surface area (Å²) in [5.41, 5.74) is -0.568. The first-order chi connectivity index (χ1) is 17.2. The Morgan fingerprint density at radius 1 is 0.972 bits per heavy atom. The molecule has 0 bridgehead atoms. The first-order valence-corrected chi connectivity index (χ1v) is 12.6. The van der Waals surface area contributed by atoms with Crippen LogP contribution in [0.15, 0.2) is 84.3 Å². The van der Waals surface area contributed by atoms with E-state index in [-0.39, 0.29) is 17.9 Å². The highest BCUT2D eigenvalue weighted by Crippen LogP contribution is 2.32. The second-order valence-electron chi connectivity index (χ2n) is 7.47. The third-order valence-electron chi connectivity index (χ3n) is 4.94. The summed E-state index contributed by atoms with van der Waals surface area (Å²) in [6.07, 6.45) is -4.14. The number of allylic oxidation sites excluding steroid dienone is 1. The van der Waals surface area contributed by atoms with Gasteiger partial charge in [0, 0.05) is 20.3 Å². The summed E-state index contributed by atoms with van der Waals surface area (Å²) < 4.78 is 44.5. The van der Waals surface area contributed by atoms with Gasteiger partial charge in [-0.25, -0.2) is 4.79 Å². The molecule has 0 aliphatic rings. The van der Waals surface area contributed by atoms with Gasteiger partial charge in [-0.05, 0) is 59.5 Å². The van der Waals surface area contributed by atoms with Crippen molar-refractivity contribution >= 4 is 57.3 Å². The van der Waals surface area contributed by atoms with Gasteiger partial charge in [-0.3, -0.25) is 5.41 Å². The number of ether oxygens (including phenoxy) is 1. The third-order valence-corrected chi connectivity index (χ3v) is 7.39. The average molecular weight is 547 g/mol. The molecule has 0 aliphatic heterocycles. The molecule has 2 aromatic carbocycles. The van der Waals surface area contributed by atoms with Crippen LogP contribution < -0.4 is 5.32 Å². The molecular formula is C26H18ClF3N2O2S2. The first-order valence-electron chi connectivity index (χ1n) is 10.5. The molecule has 0 aliphatic carbocycles. The van der Waals surface area contributed by atoms with Crippen LogP contribution in [0.1, 0.15) is 20.8 Å². The molecule has 4 aromatic rings. The van der Waals surface area contributed by atoms with E-state index in [1.807, 2.05) is 29.6 Å². The maximum atomic E-state index is 13.0. The van der Waals surface area contributed by atoms with Crippen LogP contribution in [0.3, 0.4) is 0 Å². The second-order valence-corrected chi connectivity index (χ2v) is 9.99. The molecule has 0 radical (unpaired) electrons. The van der Waals surface area contributed by atoms with Gasteiger partial charge in [0.25, 0.3) is 0 Å². The molecule has 0 amide bonds. The van der Waals surface area contributed by atoms with Crippen molar-refractivity contribution in [2.45, 2.75) is 12.8 Å². The topological polar surface area (TPSA) is 62.2 Å². The number of thiophene rings is 2. The molecule has 2 aromatic heterocycles. The number of esters is 1. The summed E-state index contributed by atoms with van der Waals surface area (Å²) in [4.78, 5) is 15.7. The van der Waals surface area contributed by atoms with Gasteiger partial charge in [0.1, 0.15) is 12.3 Å². The lowest BCUT2D eigenvalue weighted by atomic mass is 10.1. The van der Waals surface area contributed by atoms with Crippen molar-refractivity contribution in [2.75, 3.05) is 5.32 Å². The molecule has 0 saturated carbocycles. The lowest BCUT2D eigenvalue weighted by Crippen LogP contribution is -2.20. The minimum atomic E-state index is -4.82. The van der Waals surface area contributed by atoms with Gasteiger partial charge in [0.15, 0.2) is 0 Å². The van der Waals surface area contributed by atoms with Crippen molar-refractivity contribution in [3.05, 3.63) is 105 Å². The summed E-state index contributed by atoms with van der Waals surface area (Å²) in [5.74, 6) is -0.555. The van der Waals surface area contributed by atoms with Crippen molar-refractivity contribution < 1.29 is 22.7 Å². The molecule has 4 rings (SSSR count). The van der Waals surface area contributed by atoms with Crippen LogP contribution in [0.25, 0.3) is 15.5 Å². The van der Waals surface area contributed by atoms with Crippen LogP contribution in [-0.4, -0.2) is 17.9 Å². The van der Waals surface area contributed by atoms with Gasteiger partial charge in [-0.1, -0.05) is 41.9 Å². The molecule has 36 heavy (non-hydrogen) atoms. The summed E-state index contributed by atoms with van der Waals surface area (Å²) in [6, 6.07) is 20.3. The van der Waals surface area contributed by atoms with E-state index >= 15 is 0 Å². The zero-order valence-electron chi connectivity index (χ0n) is 18.4. The van der Waals surface area contributed by atoms with Crippen molar-refractivity contribution in [3.63, 3.8) is 0 Å². The number of carbonyl (C=O) groups is 1. The smallest absolute Gasteiger partial charge is 0.432 e. The molecule has 0 atom stereocenters. The van der Waals surface area contributed by atoms with Crippen molar-refractivity contribution in [1.29, 1.82) is 5.41 Å². The van der Waals surface area contributed by atoms with E-state index in [9.17, 15) is 18.0 Å². The molecule has 10 heteroatoms. The minimum Gasteiger partial charge on any atom is -0.456 e. The van der Waals surface area contributed by atoms with E-state index < -0.39 is 17.9 Å². The molecular weight excluding hydrogens is 529 g/mol. The van der Waals surface area contributed by atoms with Gasteiger partial charge in [0.05, 0.1) is 16.3 Å². The maximum absolute atomic E-state index is 13.0. The van der Waals surface area contributed by atoms with Gasteiger partial charge >= 0.3 is 12.1 Å². The number of alkyl halides is 3. The Hall–Kier alpha value is -3.40. The number of anilines is 1. The minimum absolute atomic E-state index is 0.00466. The van der Waals surface area contributed by atoms with E-state index in [0.717, 1.165) is 14.6 Å². The zero-order valence-corrected chi connectivity index (χ0v) is 20.8. The second kappa shape index (κ2) is 11.1. The number of para-hydroxylation sites is 1. The SMILES string of the molecule is N=C(/C=C(\Nc1ccccc1Cl)c1ccc(C(=O)OCc2ccc(-c3cccs3)s2)cc1)C(F)(F)F. The fraction of sp³-hybridized carbons (Fsp3) is 0.0769. The number of rotatable bonds is 8. The molecule has 0 unspecified atom stereocenters.